The summed E-state index contributed by atoms with van der Waals surface area (Å²) in [4.78, 5) is 23.1. The molecule has 2 heterocycles. The van der Waals surface area contributed by atoms with E-state index in [1.165, 1.54) is 16.8 Å². The van der Waals surface area contributed by atoms with E-state index < -0.39 is 0 Å². The largest absolute Gasteiger partial charge is 0.369 e. The molecule has 0 spiro atoms. The standard InChI is InChI=1S/C23H38N6O/c1-18-7-4-9-21(19(18)2)28-13-15-29(16-14-28)23(25-3)26-10-6-12-27-11-5-8-20(17-27)22(24)30/h4,7,9,20H,5-6,8,10-17H2,1-3H3,(H2,24,30)(H,25,26). The summed E-state index contributed by atoms with van der Waals surface area (Å²) in [6, 6.07) is 6.56. The Morgan fingerprint density at radius 2 is 1.97 bits per heavy atom. The number of benzene rings is 1. The van der Waals surface area contributed by atoms with E-state index in [1.807, 2.05) is 7.05 Å². The van der Waals surface area contributed by atoms with Crippen molar-refractivity contribution >= 4 is 17.6 Å². The molecule has 0 saturated carbocycles. The second-order valence-corrected chi connectivity index (χ2v) is 8.56. The molecule has 1 aromatic carbocycles. The zero-order chi connectivity index (χ0) is 21.5. The SMILES string of the molecule is CN=C(NCCCN1CCCC(C(N)=O)C1)N1CCN(c2cccc(C)c2C)CC1. The fourth-order valence-electron chi connectivity index (χ4n) is 4.56. The normalized spacial score (nSPS) is 21.0. The molecular weight excluding hydrogens is 376 g/mol. The number of amides is 1. The van der Waals surface area contributed by atoms with E-state index in [-0.39, 0.29) is 11.8 Å². The van der Waals surface area contributed by atoms with Crippen LogP contribution in [0.25, 0.3) is 0 Å². The molecule has 2 saturated heterocycles. The predicted octanol–water partition coefficient (Wildman–Crippen LogP) is 1.59. The van der Waals surface area contributed by atoms with Gasteiger partial charge in [-0.05, 0) is 63.4 Å². The van der Waals surface area contributed by atoms with Gasteiger partial charge in [-0.25, -0.2) is 0 Å². The van der Waals surface area contributed by atoms with Crippen LogP contribution >= 0.6 is 0 Å². The van der Waals surface area contributed by atoms with Crippen LogP contribution in [-0.4, -0.2) is 81.1 Å². The Morgan fingerprint density at radius 1 is 1.20 bits per heavy atom. The second kappa shape index (κ2) is 10.7. The topological polar surface area (TPSA) is 77.2 Å². The highest BCUT2D eigenvalue weighted by Gasteiger charge is 2.24. The van der Waals surface area contributed by atoms with Gasteiger partial charge in [-0.3, -0.25) is 9.79 Å². The fourth-order valence-corrected chi connectivity index (χ4v) is 4.56. The summed E-state index contributed by atoms with van der Waals surface area (Å²) in [6.45, 7) is 12.1. The van der Waals surface area contributed by atoms with Crippen LogP contribution in [0, 0.1) is 19.8 Å². The van der Waals surface area contributed by atoms with E-state index in [4.69, 9.17) is 5.73 Å². The van der Waals surface area contributed by atoms with Gasteiger partial charge in [0.2, 0.25) is 5.91 Å². The Labute approximate surface area is 181 Å². The molecule has 2 fully saturated rings. The zero-order valence-electron chi connectivity index (χ0n) is 18.9. The van der Waals surface area contributed by atoms with Gasteiger partial charge in [0.15, 0.2) is 5.96 Å². The van der Waals surface area contributed by atoms with E-state index >= 15 is 0 Å². The molecule has 0 aromatic heterocycles. The van der Waals surface area contributed by atoms with E-state index in [0.717, 1.165) is 77.6 Å². The molecular formula is C23H38N6O. The summed E-state index contributed by atoms with van der Waals surface area (Å²) in [6.07, 6.45) is 3.03. The Balaban J connectivity index is 1.41. The zero-order valence-corrected chi connectivity index (χ0v) is 18.9. The van der Waals surface area contributed by atoms with Gasteiger partial charge >= 0.3 is 0 Å². The average molecular weight is 415 g/mol. The van der Waals surface area contributed by atoms with E-state index in [2.05, 4.69) is 57.1 Å². The lowest BCUT2D eigenvalue weighted by molar-refractivity contribution is -0.123. The van der Waals surface area contributed by atoms with Crippen molar-refractivity contribution in [1.29, 1.82) is 0 Å². The summed E-state index contributed by atoms with van der Waals surface area (Å²) in [7, 11) is 1.86. The third-order valence-electron chi connectivity index (χ3n) is 6.55. The number of piperazine rings is 1. The summed E-state index contributed by atoms with van der Waals surface area (Å²) >= 11 is 0. The molecule has 3 rings (SSSR count). The average Bonchev–Trinajstić information content (AvgIpc) is 2.76. The highest BCUT2D eigenvalue weighted by molar-refractivity contribution is 5.80. The molecule has 1 aromatic rings. The van der Waals surface area contributed by atoms with Gasteiger partial charge < -0.3 is 25.8 Å². The molecule has 7 heteroatoms. The number of primary amides is 1. The number of likely N-dealkylation sites (tertiary alicyclic amines) is 1. The van der Waals surface area contributed by atoms with Crippen molar-refractivity contribution in [2.75, 3.05) is 64.3 Å². The number of rotatable bonds is 6. The number of aliphatic imine (C=N–C) groups is 1. The number of aryl methyl sites for hydroxylation is 1. The highest BCUT2D eigenvalue weighted by atomic mass is 16.1. The van der Waals surface area contributed by atoms with Crippen molar-refractivity contribution in [3.05, 3.63) is 29.3 Å². The molecule has 0 bridgehead atoms. The smallest absolute Gasteiger partial charge is 0.221 e. The number of hydrogen-bond donors (Lipinski definition) is 2. The molecule has 166 valence electrons. The van der Waals surface area contributed by atoms with Crippen molar-refractivity contribution < 1.29 is 4.79 Å². The second-order valence-electron chi connectivity index (χ2n) is 8.56. The van der Waals surface area contributed by atoms with Crippen LogP contribution in [0.1, 0.15) is 30.4 Å². The Kier molecular flexibility index (Phi) is 7.96. The summed E-state index contributed by atoms with van der Waals surface area (Å²) < 4.78 is 0. The summed E-state index contributed by atoms with van der Waals surface area (Å²) in [5.74, 6) is 0.857. The summed E-state index contributed by atoms with van der Waals surface area (Å²) in [5.41, 5.74) is 9.57. The molecule has 3 N–H and O–H groups in total. The molecule has 0 radical (unpaired) electrons. The first-order valence-corrected chi connectivity index (χ1v) is 11.3. The molecule has 0 aliphatic carbocycles. The quantitative estimate of drug-likeness (QED) is 0.420. The molecule has 30 heavy (non-hydrogen) atoms. The van der Waals surface area contributed by atoms with Gasteiger partial charge in [-0.2, -0.15) is 0 Å². The minimum absolute atomic E-state index is 0.0211. The number of nitrogens with two attached hydrogens (primary N) is 1. The van der Waals surface area contributed by atoms with Gasteiger partial charge in [0.1, 0.15) is 0 Å². The first-order valence-electron chi connectivity index (χ1n) is 11.3. The monoisotopic (exact) mass is 414 g/mol. The maximum absolute atomic E-state index is 11.4. The van der Waals surface area contributed by atoms with Gasteiger partial charge in [0.25, 0.3) is 0 Å². The lowest BCUT2D eigenvalue weighted by Crippen LogP contribution is -2.53. The predicted molar refractivity (Wildman–Crippen MR) is 124 cm³/mol. The number of nitrogens with one attached hydrogen (secondary N) is 1. The van der Waals surface area contributed by atoms with Crippen molar-refractivity contribution in [3.8, 4) is 0 Å². The molecule has 2 aliphatic heterocycles. The maximum Gasteiger partial charge on any atom is 0.221 e. The number of anilines is 1. The third kappa shape index (κ3) is 5.65. The van der Waals surface area contributed by atoms with Crippen molar-refractivity contribution in [2.24, 2.45) is 16.6 Å². The molecule has 7 nitrogen and oxygen atoms in total. The van der Waals surface area contributed by atoms with Crippen LogP contribution in [0.5, 0.6) is 0 Å². The van der Waals surface area contributed by atoms with Crippen LogP contribution < -0.4 is 16.0 Å². The number of hydrogen-bond acceptors (Lipinski definition) is 4. The Hall–Kier alpha value is -2.28. The number of carbonyl (C=O) groups excluding carboxylic acids is 1. The lowest BCUT2D eigenvalue weighted by Gasteiger charge is -2.38. The van der Waals surface area contributed by atoms with E-state index in [9.17, 15) is 4.79 Å². The van der Waals surface area contributed by atoms with Crippen molar-refractivity contribution in [2.45, 2.75) is 33.1 Å². The number of piperidine rings is 1. The van der Waals surface area contributed by atoms with Gasteiger partial charge in [0, 0.05) is 52.0 Å². The van der Waals surface area contributed by atoms with E-state index in [1.54, 1.807) is 0 Å². The van der Waals surface area contributed by atoms with Crippen LogP contribution in [-0.2, 0) is 4.79 Å². The van der Waals surface area contributed by atoms with Gasteiger partial charge in [0.05, 0.1) is 5.92 Å². The highest BCUT2D eigenvalue weighted by Crippen LogP contribution is 2.23. The molecule has 2 aliphatic rings. The van der Waals surface area contributed by atoms with Crippen molar-refractivity contribution in [1.82, 2.24) is 15.1 Å². The van der Waals surface area contributed by atoms with Crippen LogP contribution in [0.15, 0.2) is 23.2 Å². The van der Waals surface area contributed by atoms with Crippen molar-refractivity contribution in [3.63, 3.8) is 0 Å². The first kappa shape index (κ1) is 22.4. The molecule has 1 atom stereocenters. The first-order chi connectivity index (χ1) is 14.5. The van der Waals surface area contributed by atoms with Crippen LogP contribution in [0.4, 0.5) is 5.69 Å². The third-order valence-corrected chi connectivity index (χ3v) is 6.55. The Morgan fingerprint density at radius 3 is 2.67 bits per heavy atom. The number of nitrogens with zero attached hydrogens (tertiary/aromatic N) is 4. The minimum Gasteiger partial charge on any atom is -0.369 e. The number of carbonyl (C=O) groups is 1. The molecule has 1 unspecified atom stereocenters. The Bertz CT molecular complexity index is 741. The summed E-state index contributed by atoms with van der Waals surface area (Å²) in [5, 5.41) is 3.53. The van der Waals surface area contributed by atoms with Crippen LogP contribution in [0.2, 0.25) is 0 Å². The fraction of sp³-hybridized carbons (Fsp3) is 0.652. The van der Waals surface area contributed by atoms with E-state index in [0.29, 0.717) is 0 Å². The van der Waals surface area contributed by atoms with Gasteiger partial charge in [-0.15, -0.1) is 0 Å². The van der Waals surface area contributed by atoms with Crippen LogP contribution in [0.3, 0.4) is 0 Å². The minimum atomic E-state index is -0.154. The maximum atomic E-state index is 11.4. The lowest BCUT2D eigenvalue weighted by atomic mass is 9.97. The number of guanidine groups is 1. The molecule has 1 amide bonds. The van der Waals surface area contributed by atoms with Gasteiger partial charge in [-0.1, -0.05) is 12.1 Å².